The smallest absolute Gasteiger partial charge is 0.261 e. The van der Waals surface area contributed by atoms with Gasteiger partial charge >= 0.3 is 0 Å². The molecule has 57 heavy (non-hydrogen) atoms. The molecule has 1 saturated heterocycles. The number of nitrogens with zero attached hydrogens (tertiary/aromatic N) is 8. The fraction of sp³-hybridized carbons (Fsp3) is 0.372. The van der Waals surface area contributed by atoms with Gasteiger partial charge in [0.2, 0.25) is 11.8 Å². The fourth-order valence-electron chi connectivity index (χ4n) is 7.62. The zero-order chi connectivity index (χ0) is 39.4. The summed E-state index contributed by atoms with van der Waals surface area (Å²) in [6.07, 6.45) is 10.9. The monoisotopic (exact) mass is 768 g/mol. The highest BCUT2D eigenvalue weighted by Gasteiger charge is 2.47. The summed E-state index contributed by atoms with van der Waals surface area (Å²) in [5.74, 6) is 1.48. The number of likely N-dealkylation sites (tertiary alicyclic amines) is 1. The van der Waals surface area contributed by atoms with Gasteiger partial charge in [0.25, 0.3) is 5.91 Å². The van der Waals surface area contributed by atoms with Gasteiger partial charge in [0.1, 0.15) is 11.3 Å². The molecule has 2 amide bonds. The Hall–Kier alpha value is -6.15. The SMILES string of the molecule is CCCOc1ccccc1Oc1ncccc1CNC(=O)CC1(CN2CCCC2Cn2cc(-c3ccc(NC(=O)c4cnn5c(C)cc(C)nc45)cc3)nn2)CC1. The Morgan fingerprint density at radius 1 is 1.02 bits per heavy atom. The molecule has 4 aromatic heterocycles. The first-order valence-corrected chi connectivity index (χ1v) is 19.7. The second-order valence-corrected chi connectivity index (χ2v) is 15.3. The Kier molecular flexibility index (Phi) is 10.9. The summed E-state index contributed by atoms with van der Waals surface area (Å²) in [5, 5.41) is 19.4. The molecule has 294 valence electrons. The number of aryl methyl sites for hydroxylation is 2. The first-order chi connectivity index (χ1) is 27.8. The number of carbonyl (C=O) groups is 2. The summed E-state index contributed by atoms with van der Waals surface area (Å²) in [7, 11) is 0. The van der Waals surface area contributed by atoms with Gasteiger partial charge in [-0.15, -0.1) is 5.10 Å². The highest BCUT2D eigenvalue weighted by Crippen LogP contribution is 2.50. The van der Waals surface area contributed by atoms with Crippen molar-refractivity contribution in [3.05, 3.63) is 108 Å². The van der Waals surface area contributed by atoms with Crippen molar-refractivity contribution < 1.29 is 19.1 Å². The van der Waals surface area contributed by atoms with Crippen LogP contribution in [0, 0.1) is 19.3 Å². The first-order valence-electron chi connectivity index (χ1n) is 19.7. The number of rotatable bonds is 16. The number of aromatic nitrogens is 7. The van der Waals surface area contributed by atoms with Crippen LogP contribution in [-0.2, 0) is 17.9 Å². The van der Waals surface area contributed by atoms with Crippen LogP contribution < -0.4 is 20.1 Å². The van der Waals surface area contributed by atoms with Crippen LogP contribution in [0.15, 0.2) is 85.3 Å². The average molecular weight is 769 g/mol. The van der Waals surface area contributed by atoms with Gasteiger partial charge in [-0.25, -0.2) is 14.5 Å². The van der Waals surface area contributed by atoms with Crippen LogP contribution in [-0.4, -0.2) is 77.0 Å². The Morgan fingerprint density at radius 2 is 1.84 bits per heavy atom. The predicted octanol–water partition coefficient (Wildman–Crippen LogP) is 6.78. The molecule has 6 aromatic rings. The van der Waals surface area contributed by atoms with Gasteiger partial charge in [0, 0.05) is 60.0 Å². The quantitative estimate of drug-likeness (QED) is 0.108. The van der Waals surface area contributed by atoms with E-state index in [1.54, 1.807) is 16.9 Å². The number of ether oxygens (including phenoxy) is 2. The molecule has 2 aromatic carbocycles. The molecule has 0 radical (unpaired) electrons. The summed E-state index contributed by atoms with van der Waals surface area (Å²) in [6, 6.07) is 21.2. The van der Waals surface area contributed by atoms with Gasteiger partial charge in [0.05, 0.1) is 25.5 Å². The highest BCUT2D eigenvalue weighted by atomic mass is 16.5. The molecule has 1 aliphatic carbocycles. The standard InChI is InChI=1S/C43H48N10O4/c1-4-21-56-37-11-5-6-12-38(37)57-42-32(9-7-19-44-42)24-45-39(54)23-43(17-18-43)28-51-20-8-10-34(51)26-52-27-36(49-50-52)31-13-15-33(16-14-31)48-41(55)35-25-46-53-30(3)22-29(2)47-40(35)53/h5-7,9,11-16,19,22,25,27,34H,4,8,10,17-18,20-21,23-24,26,28H2,1-3H3,(H,45,54)(H,48,55). The average Bonchev–Trinajstić information content (AvgIpc) is 3.52. The fourth-order valence-corrected chi connectivity index (χ4v) is 7.62. The van der Waals surface area contributed by atoms with Gasteiger partial charge in [0.15, 0.2) is 17.1 Å². The van der Waals surface area contributed by atoms with Crippen LogP contribution in [0.5, 0.6) is 17.4 Å². The van der Waals surface area contributed by atoms with Gasteiger partial charge < -0.3 is 20.1 Å². The largest absolute Gasteiger partial charge is 0.490 e. The van der Waals surface area contributed by atoms with Crippen molar-refractivity contribution in [1.29, 1.82) is 0 Å². The molecule has 5 heterocycles. The zero-order valence-electron chi connectivity index (χ0n) is 32.6. The lowest BCUT2D eigenvalue weighted by Crippen LogP contribution is -2.39. The second-order valence-electron chi connectivity index (χ2n) is 15.3. The van der Waals surface area contributed by atoms with Crippen molar-refractivity contribution in [2.75, 3.05) is 25.0 Å². The van der Waals surface area contributed by atoms with Crippen molar-refractivity contribution in [2.45, 2.75) is 78.4 Å². The molecule has 0 bridgehead atoms. The van der Waals surface area contributed by atoms with E-state index in [-0.39, 0.29) is 17.2 Å². The molecule has 8 rings (SSSR count). The van der Waals surface area contributed by atoms with Gasteiger partial charge in [-0.05, 0) is 94.3 Å². The molecule has 1 atom stereocenters. The van der Waals surface area contributed by atoms with Crippen molar-refractivity contribution >= 4 is 23.1 Å². The highest BCUT2D eigenvalue weighted by molar-refractivity contribution is 6.08. The Balaban J connectivity index is 0.832. The minimum Gasteiger partial charge on any atom is -0.490 e. The maximum atomic E-state index is 13.3. The third kappa shape index (κ3) is 8.81. The molecule has 2 fully saturated rings. The molecule has 0 spiro atoms. The number of hydrogen-bond donors (Lipinski definition) is 2. The summed E-state index contributed by atoms with van der Waals surface area (Å²) < 4.78 is 15.6. The molecule has 14 nitrogen and oxygen atoms in total. The number of carbonyl (C=O) groups excluding carboxylic acids is 2. The first kappa shape index (κ1) is 37.8. The lowest BCUT2D eigenvalue weighted by atomic mass is 10.0. The van der Waals surface area contributed by atoms with Crippen LogP contribution in [0.25, 0.3) is 16.9 Å². The van der Waals surface area contributed by atoms with Crippen molar-refractivity contribution in [1.82, 2.24) is 44.8 Å². The van der Waals surface area contributed by atoms with Gasteiger partial charge in [-0.1, -0.05) is 42.5 Å². The van der Waals surface area contributed by atoms with E-state index >= 15 is 0 Å². The van der Waals surface area contributed by atoms with Crippen LogP contribution in [0.4, 0.5) is 5.69 Å². The Morgan fingerprint density at radius 3 is 2.65 bits per heavy atom. The van der Waals surface area contributed by atoms with Crippen LogP contribution in [0.1, 0.15) is 72.8 Å². The molecule has 1 saturated carbocycles. The van der Waals surface area contributed by atoms with Crippen LogP contribution in [0.3, 0.4) is 0 Å². The van der Waals surface area contributed by atoms with Crippen LogP contribution in [0.2, 0.25) is 0 Å². The maximum absolute atomic E-state index is 13.3. The molecular weight excluding hydrogens is 721 g/mol. The predicted molar refractivity (Wildman–Crippen MR) is 215 cm³/mol. The van der Waals surface area contributed by atoms with E-state index in [0.29, 0.717) is 59.9 Å². The molecular formula is C43H48N10O4. The van der Waals surface area contributed by atoms with Crippen molar-refractivity contribution in [3.63, 3.8) is 0 Å². The minimum absolute atomic E-state index is 0.0130. The number of benzene rings is 2. The van der Waals surface area contributed by atoms with Crippen molar-refractivity contribution in [3.8, 4) is 28.6 Å². The Labute approximate surface area is 331 Å². The van der Waals surface area contributed by atoms with Crippen LogP contribution >= 0.6 is 0 Å². The van der Waals surface area contributed by atoms with E-state index in [0.717, 1.165) is 79.9 Å². The number of pyridine rings is 1. The molecule has 2 aliphatic rings. The van der Waals surface area contributed by atoms with Crippen molar-refractivity contribution in [2.24, 2.45) is 5.41 Å². The van der Waals surface area contributed by atoms with E-state index in [2.05, 4.69) is 47.8 Å². The third-order valence-corrected chi connectivity index (χ3v) is 10.8. The topological polar surface area (TPSA) is 154 Å². The molecule has 2 N–H and O–H groups in total. The number of nitrogens with one attached hydrogen (secondary N) is 2. The number of hydrogen-bond acceptors (Lipinski definition) is 10. The van der Waals surface area contributed by atoms with Gasteiger partial charge in [-0.2, -0.15) is 5.10 Å². The lowest BCUT2D eigenvalue weighted by molar-refractivity contribution is -0.122. The molecule has 1 unspecified atom stereocenters. The molecule has 1 aliphatic heterocycles. The third-order valence-electron chi connectivity index (χ3n) is 10.8. The summed E-state index contributed by atoms with van der Waals surface area (Å²) in [4.78, 5) is 38.0. The lowest BCUT2D eigenvalue weighted by Gasteiger charge is -2.28. The number of para-hydroxylation sites is 2. The normalized spacial score (nSPS) is 16.1. The van der Waals surface area contributed by atoms with E-state index < -0.39 is 0 Å². The Bertz CT molecular complexity index is 2370. The van der Waals surface area contributed by atoms with E-state index in [1.165, 1.54) is 0 Å². The van der Waals surface area contributed by atoms with E-state index in [1.807, 2.05) is 91.5 Å². The summed E-state index contributed by atoms with van der Waals surface area (Å²) >= 11 is 0. The summed E-state index contributed by atoms with van der Waals surface area (Å²) in [5.41, 5.74) is 5.82. The second kappa shape index (κ2) is 16.5. The number of fused-ring (bicyclic) bond motifs is 1. The number of amides is 2. The zero-order valence-corrected chi connectivity index (χ0v) is 32.6. The number of anilines is 1. The van der Waals surface area contributed by atoms with Gasteiger partial charge in [-0.3, -0.25) is 19.2 Å². The maximum Gasteiger partial charge on any atom is 0.261 e. The van der Waals surface area contributed by atoms with E-state index in [9.17, 15) is 9.59 Å². The summed E-state index contributed by atoms with van der Waals surface area (Å²) in [6.45, 7) is 9.45. The molecule has 14 heteroatoms. The minimum atomic E-state index is -0.267. The van der Waals surface area contributed by atoms with E-state index in [4.69, 9.17) is 9.47 Å².